The van der Waals surface area contributed by atoms with Gasteiger partial charge in [-0.3, -0.25) is 4.79 Å². The van der Waals surface area contributed by atoms with Crippen LogP contribution in [0.4, 0.5) is 8.78 Å². The van der Waals surface area contributed by atoms with Gasteiger partial charge in [-0.05, 0) is 37.9 Å². The summed E-state index contributed by atoms with van der Waals surface area (Å²) in [6, 6.07) is 3.88. The lowest BCUT2D eigenvalue weighted by molar-refractivity contribution is -0.120. The highest BCUT2D eigenvalue weighted by molar-refractivity contribution is 5.85. The molecule has 0 radical (unpaired) electrons. The zero-order valence-corrected chi connectivity index (χ0v) is 11.9. The summed E-state index contributed by atoms with van der Waals surface area (Å²) in [5.74, 6) is -1.51. The summed E-state index contributed by atoms with van der Waals surface area (Å²) in [4.78, 5) is 11.6. The van der Waals surface area contributed by atoms with Crippen molar-refractivity contribution in [2.75, 3.05) is 19.6 Å². The lowest BCUT2D eigenvalue weighted by Gasteiger charge is -2.09. The second-order valence-corrected chi connectivity index (χ2v) is 4.89. The van der Waals surface area contributed by atoms with Crippen LogP contribution in [0.3, 0.4) is 0 Å². The van der Waals surface area contributed by atoms with E-state index in [9.17, 15) is 13.6 Å². The summed E-state index contributed by atoms with van der Waals surface area (Å²) in [6.45, 7) is 2.61. The molecule has 1 fully saturated rings. The molecular weight excluding hydrogens is 286 g/mol. The minimum absolute atomic E-state index is 0. The van der Waals surface area contributed by atoms with Crippen molar-refractivity contribution >= 4 is 18.3 Å². The number of hydrogen-bond acceptors (Lipinski definition) is 2. The molecule has 0 bridgehead atoms. The van der Waals surface area contributed by atoms with Crippen LogP contribution < -0.4 is 10.6 Å². The van der Waals surface area contributed by atoms with E-state index >= 15 is 0 Å². The number of benzene rings is 1. The Hall–Kier alpha value is -1.20. The van der Waals surface area contributed by atoms with Crippen molar-refractivity contribution in [3.63, 3.8) is 0 Å². The van der Waals surface area contributed by atoms with E-state index < -0.39 is 11.6 Å². The minimum Gasteiger partial charge on any atom is -0.356 e. The average Bonchev–Trinajstić information content (AvgIpc) is 2.88. The SMILES string of the molecule is Cl.O=C(Cc1cccc(F)c1F)NCCC1CCNC1. The van der Waals surface area contributed by atoms with Crippen molar-refractivity contribution < 1.29 is 13.6 Å². The molecule has 1 heterocycles. The van der Waals surface area contributed by atoms with Crippen molar-refractivity contribution in [1.82, 2.24) is 10.6 Å². The standard InChI is InChI=1S/C14H18F2N2O.ClH/c15-12-3-1-2-11(14(12)16)8-13(19)18-7-5-10-4-6-17-9-10;/h1-3,10,17H,4-9H2,(H,18,19);1H. The van der Waals surface area contributed by atoms with Crippen molar-refractivity contribution in [1.29, 1.82) is 0 Å². The molecule has 1 amide bonds. The van der Waals surface area contributed by atoms with Crippen LogP contribution in [0, 0.1) is 17.6 Å². The third-order valence-electron chi connectivity index (χ3n) is 3.42. The van der Waals surface area contributed by atoms with Gasteiger partial charge in [-0.15, -0.1) is 12.4 Å². The van der Waals surface area contributed by atoms with E-state index in [0.717, 1.165) is 32.0 Å². The molecule has 2 rings (SSSR count). The van der Waals surface area contributed by atoms with Gasteiger partial charge in [0.05, 0.1) is 6.42 Å². The summed E-state index contributed by atoms with van der Waals surface area (Å²) in [5, 5.41) is 6.01. The molecule has 0 aromatic heterocycles. The Morgan fingerprint density at radius 1 is 1.40 bits per heavy atom. The second kappa shape index (κ2) is 8.17. The van der Waals surface area contributed by atoms with Gasteiger partial charge in [-0.2, -0.15) is 0 Å². The maximum atomic E-state index is 13.4. The van der Waals surface area contributed by atoms with Crippen LogP contribution in [0.15, 0.2) is 18.2 Å². The van der Waals surface area contributed by atoms with Gasteiger partial charge >= 0.3 is 0 Å². The summed E-state index contributed by atoms with van der Waals surface area (Å²) in [6.07, 6.45) is 1.94. The summed E-state index contributed by atoms with van der Waals surface area (Å²) in [7, 11) is 0. The first-order valence-electron chi connectivity index (χ1n) is 6.57. The first-order chi connectivity index (χ1) is 9.16. The molecule has 1 atom stereocenters. The van der Waals surface area contributed by atoms with Gasteiger partial charge in [-0.25, -0.2) is 8.78 Å². The van der Waals surface area contributed by atoms with Gasteiger partial charge in [0.25, 0.3) is 0 Å². The Bertz CT molecular complexity index is 451. The Morgan fingerprint density at radius 2 is 2.20 bits per heavy atom. The highest BCUT2D eigenvalue weighted by Crippen LogP contribution is 2.12. The van der Waals surface area contributed by atoms with Gasteiger partial charge < -0.3 is 10.6 Å². The van der Waals surface area contributed by atoms with Crippen LogP contribution in [-0.4, -0.2) is 25.5 Å². The fourth-order valence-corrected chi connectivity index (χ4v) is 2.30. The van der Waals surface area contributed by atoms with Gasteiger partial charge in [0.15, 0.2) is 11.6 Å². The van der Waals surface area contributed by atoms with E-state index in [0.29, 0.717) is 12.5 Å². The van der Waals surface area contributed by atoms with Crippen molar-refractivity contribution in [3.05, 3.63) is 35.4 Å². The van der Waals surface area contributed by atoms with Gasteiger partial charge in [0.1, 0.15) is 0 Å². The average molecular weight is 305 g/mol. The molecule has 20 heavy (non-hydrogen) atoms. The third-order valence-corrected chi connectivity index (χ3v) is 3.42. The normalized spacial score (nSPS) is 17.6. The zero-order chi connectivity index (χ0) is 13.7. The quantitative estimate of drug-likeness (QED) is 0.874. The van der Waals surface area contributed by atoms with Crippen LogP contribution in [0.2, 0.25) is 0 Å². The number of hydrogen-bond donors (Lipinski definition) is 2. The third kappa shape index (κ3) is 4.72. The lowest BCUT2D eigenvalue weighted by atomic mass is 10.1. The molecule has 1 saturated heterocycles. The summed E-state index contributed by atoms with van der Waals surface area (Å²) < 4.78 is 26.3. The molecule has 1 aromatic rings. The van der Waals surface area contributed by atoms with Crippen LogP contribution in [0.1, 0.15) is 18.4 Å². The highest BCUT2D eigenvalue weighted by Gasteiger charge is 2.15. The molecule has 112 valence electrons. The maximum absolute atomic E-state index is 13.4. The van der Waals surface area contributed by atoms with E-state index in [1.165, 1.54) is 12.1 Å². The van der Waals surface area contributed by atoms with E-state index in [1.54, 1.807) is 0 Å². The van der Waals surface area contributed by atoms with Crippen LogP contribution >= 0.6 is 12.4 Å². The first kappa shape index (κ1) is 16.9. The monoisotopic (exact) mass is 304 g/mol. The van der Waals surface area contributed by atoms with Gasteiger partial charge in [0.2, 0.25) is 5.91 Å². The number of rotatable bonds is 5. The Morgan fingerprint density at radius 3 is 2.90 bits per heavy atom. The van der Waals surface area contributed by atoms with E-state index in [-0.39, 0.29) is 30.3 Å². The van der Waals surface area contributed by atoms with Crippen LogP contribution in [0.5, 0.6) is 0 Å². The molecule has 1 aliphatic rings. The smallest absolute Gasteiger partial charge is 0.224 e. The van der Waals surface area contributed by atoms with Crippen molar-refractivity contribution in [2.24, 2.45) is 5.92 Å². The van der Waals surface area contributed by atoms with Crippen LogP contribution in [-0.2, 0) is 11.2 Å². The Labute approximate surface area is 123 Å². The van der Waals surface area contributed by atoms with Gasteiger partial charge in [0, 0.05) is 12.1 Å². The maximum Gasteiger partial charge on any atom is 0.224 e. The first-order valence-corrected chi connectivity index (χ1v) is 6.57. The van der Waals surface area contributed by atoms with Gasteiger partial charge in [-0.1, -0.05) is 12.1 Å². The van der Waals surface area contributed by atoms with E-state index in [4.69, 9.17) is 0 Å². The highest BCUT2D eigenvalue weighted by atomic mass is 35.5. The van der Waals surface area contributed by atoms with E-state index in [1.807, 2.05) is 0 Å². The number of carbonyl (C=O) groups is 1. The lowest BCUT2D eigenvalue weighted by Crippen LogP contribution is -2.28. The predicted octanol–water partition coefficient (Wildman–Crippen LogP) is 2.04. The molecule has 6 heteroatoms. The summed E-state index contributed by atoms with van der Waals surface area (Å²) >= 11 is 0. The Kier molecular flexibility index (Phi) is 6.88. The second-order valence-electron chi connectivity index (χ2n) is 4.89. The zero-order valence-electron chi connectivity index (χ0n) is 11.1. The summed E-state index contributed by atoms with van der Waals surface area (Å²) in [5.41, 5.74) is 0.0973. The number of amides is 1. The molecule has 3 nitrogen and oxygen atoms in total. The molecule has 0 aliphatic carbocycles. The molecule has 0 saturated carbocycles. The molecule has 1 unspecified atom stereocenters. The molecule has 0 spiro atoms. The van der Waals surface area contributed by atoms with Crippen molar-refractivity contribution in [2.45, 2.75) is 19.3 Å². The molecule has 1 aromatic carbocycles. The number of nitrogens with one attached hydrogen (secondary N) is 2. The van der Waals surface area contributed by atoms with E-state index in [2.05, 4.69) is 10.6 Å². The molecule has 2 N–H and O–H groups in total. The fourth-order valence-electron chi connectivity index (χ4n) is 2.30. The molecular formula is C14H19ClF2N2O. The Balaban J connectivity index is 0.00000200. The number of halogens is 3. The fraction of sp³-hybridized carbons (Fsp3) is 0.500. The van der Waals surface area contributed by atoms with Crippen LogP contribution in [0.25, 0.3) is 0 Å². The predicted molar refractivity (Wildman–Crippen MR) is 75.9 cm³/mol. The molecule has 1 aliphatic heterocycles. The number of carbonyl (C=O) groups excluding carboxylic acids is 1. The minimum atomic E-state index is -0.933. The van der Waals surface area contributed by atoms with Crippen molar-refractivity contribution in [3.8, 4) is 0 Å². The topological polar surface area (TPSA) is 41.1 Å². The largest absolute Gasteiger partial charge is 0.356 e.